The molecule has 0 aromatic heterocycles. The molecular weight excluding hydrogens is 254 g/mol. The van der Waals surface area contributed by atoms with Gasteiger partial charge in [0.1, 0.15) is 12.0 Å². The van der Waals surface area contributed by atoms with Gasteiger partial charge in [0.05, 0.1) is 6.04 Å². The normalized spacial score (nSPS) is 40.7. The van der Waals surface area contributed by atoms with Crippen LogP contribution in [0.25, 0.3) is 0 Å². The molecule has 0 aromatic carbocycles. The van der Waals surface area contributed by atoms with Crippen LogP contribution >= 0.6 is 11.6 Å². The second-order valence-corrected chi connectivity index (χ2v) is 5.88. The van der Waals surface area contributed by atoms with E-state index in [9.17, 15) is 9.59 Å². The van der Waals surface area contributed by atoms with E-state index in [2.05, 4.69) is 6.92 Å². The van der Waals surface area contributed by atoms with Gasteiger partial charge in [-0.15, -0.1) is 11.6 Å². The van der Waals surface area contributed by atoms with Crippen molar-refractivity contribution >= 4 is 23.5 Å². The molecule has 100 valence electrons. The lowest BCUT2D eigenvalue weighted by Crippen LogP contribution is -2.44. The summed E-state index contributed by atoms with van der Waals surface area (Å²) in [6.07, 6.45) is 2.75. The van der Waals surface area contributed by atoms with Crippen LogP contribution in [0.4, 0.5) is 0 Å². The molecule has 1 aliphatic heterocycles. The van der Waals surface area contributed by atoms with Crippen molar-refractivity contribution in [1.82, 2.24) is 4.90 Å². The molecule has 0 aromatic rings. The zero-order valence-corrected chi connectivity index (χ0v) is 11.2. The van der Waals surface area contributed by atoms with Gasteiger partial charge in [-0.2, -0.15) is 0 Å². The maximum atomic E-state index is 12.3. The van der Waals surface area contributed by atoms with E-state index in [1.54, 1.807) is 0 Å². The second kappa shape index (κ2) is 4.41. The number of likely N-dealkylation sites (tertiary alicyclic amines) is 1. The molecule has 0 spiro atoms. The predicted molar refractivity (Wildman–Crippen MR) is 66.1 cm³/mol. The number of nitrogens with zero attached hydrogens (tertiary/aromatic N) is 1. The van der Waals surface area contributed by atoms with Crippen molar-refractivity contribution < 1.29 is 14.3 Å². The molecular formula is C13H18ClNO3. The number of hydrogen-bond acceptors (Lipinski definition) is 3. The van der Waals surface area contributed by atoms with E-state index in [4.69, 9.17) is 16.3 Å². The van der Waals surface area contributed by atoms with Crippen molar-refractivity contribution in [3.8, 4) is 0 Å². The van der Waals surface area contributed by atoms with Gasteiger partial charge in [0.2, 0.25) is 5.91 Å². The summed E-state index contributed by atoms with van der Waals surface area (Å²) in [7, 11) is 0. The number of carbonyl (C=O) groups is 2. The van der Waals surface area contributed by atoms with Crippen molar-refractivity contribution in [2.45, 2.75) is 38.3 Å². The van der Waals surface area contributed by atoms with Crippen LogP contribution in [0.3, 0.4) is 0 Å². The Hall–Kier alpha value is -0.770. The minimum Gasteiger partial charge on any atom is -0.459 e. The molecule has 0 radical (unpaired) electrons. The lowest BCUT2D eigenvalue weighted by atomic mass is 9.87. The molecule has 1 heterocycles. The largest absolute Gasteiger partial charge is 0.459 e. The molecule has 3 fully saturated rings. The van der Waals surface area contributed by atoms with Crippen LogP contribution in [0.1, 0.15) is 26.2 Å². The summed E-state index contributed by atoms with van der Waals surface area (Å²) >= 11 is 5.50. The van der Waals surface area contributed by atoms with Crippen molar-refractivity contribution in [2.24, 2.45) is 17.8 Å². The lowest BCUT2D eigenvalue weighted by Gasteiger charge is -2.31. The first kappa shape index (κ1) is 12.3. The molecule has 0 N–H and O–H groups in total. The topological polar surface area (TPSA) is 46.6 Å². The van der Waals surface area contributed by atoms with Crippen molar-refractivity contribution in [2.75, 3.05) is 12.4 Å². The monoisotopic (exact) mass is 271 g/mol. The molecule has 1 saturated heterocycles. The predicted octanol–water partition coefficient (Wildman–Crippen LogP) is 1.41. The number of rotatable bonds is 4. The Morgan fingerprint density at radius 2 is 2.28 bits per heavy atom. The van der Waals surface area contributed by atoms with Crippen LogP contribution < -0.4 is 0 Å². The zero-order valence-electron chi connectivity index (χ0n) is 10.5. The summed E-state index contributed by atoms with van der Waals surface area (Å²) in [6, 6.07) is 0.119. The third-order valence-electron chi connectivity index (χ3n) is 4.69. The van der Waals surface area contributed by atoms with Gasteiger partial charge in [0.15, 0.2) is 0 Å². The highest BCUT2D eigenvalue weighted by atomic mass is 35.5. The molecule has 5 atom stereocenters. The van der Waals surface area contributed by atoms with E-state index < -0.39 is 0 Å². The quantitative estimate of drug-likeness (QED) is 0.574. The molecule has 5 unspecified atom stereocenters. The fourth-order valence-electron chi connectivity index (χ4n) is 4.18. The van der Waals surface area contributed by atoms with Gasteiger partial charge in [0, 0.05) is 12.5 Å². The van der Waals surface area contributed by atoms with Gasteiger partial charge >= 0.3 is 5.97 Å². The Morgan fingerprint density at radius 3 is 2.94 bits per heavy atom. The Bertz CT molecular complexity index is 386. The maximum Gasteiger partial charge on any atom is 0.321 e. The average Bonchev–Trinajstić information content (AvgIpc) is 2.97. The molecule has 18 heavy (non-hydrogen) atoms. The van der Waals surface area contributed by atoms with E-state index in [0.717, 1.165) is 25.8 Å². The highest BCUT2D eigenvalue weighted by Gasteiger charge is 2.64. The SMILES string of the molecule is CCCN1C(=O)C2CC3CC2C1C3OC(=O)CCl. The summed E-state index contributed by atoms with van der Waals surface area (Å²) in [5.74, 6) is 0.772. The summed E-state index contributed by atoms with van der Waals surface area (Å²) in [5, 5.41) is 0. The summed E-state index contributed by atoms with van der Waals surface area (Å²) < 4.78 is 5.48. The maximum absolute atomic E-state index is 12.3. The molecule has 3 rings (SSSR count). The molecule has 2 bridgehead atoms. The van der Waals surface area contributed by atoms with Crippen molar-refractivity contribution in [3.05, 3.63) is 0 Å². The van der Waals surface area contributed by atoms with Crippen LogP contribution in [0.15, 0.2) is 0 Å². The van der Waals surface area contributed by atoms with E-state index in [0.29, 0.717) is 11.8 Å². The number of hydrogen-bond donors (Lipinski definition) is 0. The Balaban J connectivity index is 1.82. The van der Waals surface area contributed by atoms with Gasteiger partial charge in [-0.3, -0.25) is 9.59 Å². The van der Waals surface area contributed by atoms with Crippen molar-refractivity contribution in [3.63, 3.8) is 0 Å². The standard InChI is InChI=1S/C13H18ClNO3/c1-2-3-15-11-8-4-7(5-9(8)13(15)17)12(11)18-10(16)6-14/h7-9,11-12H,2-6H2,1H3. The molecule has 2 saturated carbocycles. The molecule has 3 aliphatic rings. The van der Waals surface area contributed by atoms with Crippen LogP contribution in [-0.4, -0.2) is 41.3 Å². The Labute approximate surface area is 112 Å². The number of esters is 1. The highest BCUT2D eigenvalue weighted by Crippen LogP contribution is 2.56. The van der Waals surface area contributed by atoms with Crippen LogP contribution in [-0.2, 0) is 14.3 Å². The van der Waals surface area contributed by atoms with Gasteiger partial charge < -0.3 is 9.64 Å². The van der Waals surface area contributed by atoms with Gasteiger partial charge in [-0.05, 0) is 31.1 Å². The van der Waals surface area contributed by atoms with Crippen LogP contribution in [0.5, 0.6) is 0 Å². The van der Waals surface area contributed by atoms with E-state index in [-0.39, 0.29) is 35.8 Å². The second-order valence-electron chi connectivity index (χ2n) is 5.61. The smallest absolute Gasteiger partial charge is 0.321 e. The summed E-state index contributed by atoms with van der Waals surface area (Å²) in [6.45, 7) is 2.85. The number of ether oxygens (including phenoxy) is 1. The minimum absolute atomic E-state index is 0.105. The molecule has 2 aliphatic carbocycles. The number of amides is 1. The number of carbonyl (C=O) groups excluding carboxylic acids is 2. The number of halogens is 1. The van der Waals surface area contributed by atoms with Gasteiger partial charge in [-0.25, -0.2) is 0 Å². The lowest BCUT2D eigenvalue weighted by molar-refractivity contribution is -0.152. The third-order valence-corrected chi connectivity index (χ3v) is 4.91. The summed E-state index contributed by atoms with van der Waals surface area (Å²) in [5.41, 5.74) is 0. The third kappa shape index (κ3) is 1.58. The minimum atomic E-state index is -0.360. The van der Waals surface area contributed by atoms with Crippen LogP contribution in [0.2, 0.25) is 0 Å². The van der Waals surface area contributed by atoms with E-state index in [1.165, 1.54) is 0 Å². The summed E-state index contributed by atoms with van der Waals surface area (Å²) in [4.78, 5) is 25.6. The van der Waals surface area contributed by atoms with E-state index >= 15 is 0 Å². The Morgan fingerprint density at radius 1 is 1.50 bits per heavy atom. The number of alkyl halides is 1. The molecule has 1 amide bonds. The Kier molecular flexibility index (Phi) is 3.00. The molecule has 5 heteroatoms. The highest BCUT2D eigenvalue weighted by molar-refractivity contribution is 6.26. The van der Waals surface area contributed by atoms with Crippen LogP contribution in [0, 0.1) is 17.8 Å². The van der Waals surface area contributed by atoms with Gasteiger partial charge in [0.25, 0.3) is 0 Å². The van der Waals surface area contributed by atoms with Crippen molar-refractivity contribution in [1.29, 1.82) is 0 Å². The zero-order chi connectivity index (χ0) is 12.9. The van der Waals surface area contributed by atoms with Gasteiger partial charge in [-0.1, -0.05) is 6.92 Å². The first-order valence-electron chi connectivity index (χ1n) is 6.73. The average molecular weight is 272 g/mol. The fraction of sp³-hybridized carbons (Fsp3) is 0.846. The first-order valence-corrected chi connectivity index (χ1v) is 7.26. The first-order chi connectivity index (χ1) is 8.67. The van der Waals surface area contributed by atoms with E-state index in [1.807, 2.05) is 4.90 Å². The number of fused-ring (bicyclic) bond motifs is 1. The fourth-order valence-corrected chi connectivity index (χ4v) is 4.24. The molecule has 4 nitrogen and oxygen atoms in total.